The van der Waals surface area contributed by atoms with Gasteiger partial charge < -0.3 is 0 Å². The number of nitro groups is 1. The average molecular weight is 287 g/mol. The summed E-state index contributed by atoms with van der Waals surface area (Å²) >= 11 is 3.11. The Balaban J connectivity index is 3.04. The molecule has 0 aliphatic rings. The average Bonchev–Trinajstić information content (AvgIpc) is 2.20. The number of Topliss-reactive ketones (excluding diaryl/α,β-unsaturated/α-hetero) is 1. The van der Waals surface area contributed by atoms with E-state index in [2.05, 4.69) is 20.9 Å². The van der Waals surface area contributed by atoms with Crippen molar-refractivity contribution >= 4 is 27.4 Å². The molecular weight excluding hydrogens is 276 g/mol. The maximum Gasteiger partial charge on any atom is 0.292 e. The SMILES string of the molecule is CC(C)C(=O)Cc1ncc(Br)cc1[N+](=O)[O-]. The zero-order chi connectivity index (χ0) is 12.3. The van der Waals surface area contributed by atoms with Crippen LogP contribution in [0.4, 0.5) is 5.69 Å². The van der Waals surface area contributed by atoms with Crippen LogP contribution in [0.5, 0.6) is 0 Å². The Labute approximate surface area is 101 Å². The predicted octanol–water partition coefficient (Wildman–Crippen LogP) is 2.52. The first-order valence-corrected chi connectivity index (χ1v) is 5.52. The molecule has 0 saturated carbocycles. The molecule has 0 N–H and O–H groups in total. The summed E-state index contributed by atoms with van der Waals surface area (Å²) in [6.07, 6.45) is 1.46. The lowest BCUT2D eigenvalue weighted by Gasteiger charge is -2.04. The number of pyridine rings is 1. The minimum atomic E-state index is -0.527. The summed E-state index contributed by atoms with van der Waals surface area (Å²) in [5, 5.41) is 10.8. The third kappa shape index (κ3) is 3.10. The van der Waals surface area contributed by atoms with Gasteiger partial charge in [0.15, 0.2) is 0 Å². The van der Waals surface area contributed by atoms with Crippen molar-refractivity contribution in [3.8, 4) is 0 Å². The van der Waals surface area contributed by atoms with Crippen molar-refractivity contribution in [3.05, 3.63) is 32.5 Å². The molecule has 0 aromatic carbocycles. The van der Waals surface area contributed by atoms with Gasteiger partial charge in [-0.15, -0.1) is 0 Å². The zero-order valence-corrected chi connectivity index (χ0v) is 10.5. The van der Waals surface area contributed by atoms with Crippen LogP contribution in [0.2, 0.25) is 0 Å². The van der Waals surface area contributed by atoms with Gasteiger partial charge in [-0.3, -0.25) is 19.9 Å². The number of hydrogen-bond donors (Lipinski definition) is 0. The molecule has 0 amide bonds. The molecule has 0 spiro atoms. The Morgan fingerprint density at radius 1 is 1.62 bits per heavy atom. The highest BCUT2D eigenvalue weighted by Crippen LogP contribution is 2.22. The Hall–Kier alpha value is -1.30. The van der Waals surface area contributed by atoms with Crippen LogP contribution in [0.3, 0.4) is 0 Å². The summed E-state index contributed by atoms with van der Waals surface area (Å²) in [5.74, 6) is -0.206. The molecule has 16 heavy (non-hydrogen) atoms. The van der Waals surface area contributed by atoms with Crippen LogP contribution in [0, 0.1) is 16.0 Å². The Morgan fingerprint density at radius 3 is 2.75 bits per heavy atom. The molecule has 0 aliphatic carbocycles. The van der Waals surface area contributed by atoms with Crippen LogP contribution in [0.25, 0.3) is 0 Å². The number of rotatable bonds is 4. The fraction of sp³-hybridized carbons (Fsp3) is 0.400. The molecular formula is C10H11BrN2O3. The predicted molar refractivity (Wildman–Crippen MR) is 62.1 cm³/mol. The van der Waals surface area contributed by atoms with Crippen LogP contribution in [-0.2, 0) is 11.2 Å². The number of hydrogen-bond acceptors (Lipinski definition) is 4. The van der Waals surface area contributed by atoms with Gasteiger partial charge in [0.05, 0.1) is 11.3 Å². The zero-order valence-electron chi connectivity index (χ0n) is 8.94. The van der Waals surface area contributed by atoms with E-state index < -0.39 is 4.92 Å². The highest BCUT2D eigenvalue weighted by molar-refractivity contribution is 9.10. The third-order valence-electron chi connectivity index (χ3n) is 2.10. The van der Waals surface area contributed by atoms with E-state index in [9.17, 15) is 14.9 Å². The standard InChI is InChI=1S/C10H11BrN2O3/c1-6(2)10(14)4-8-9(13(15)16)3-7(11)5-12-8/h3,5-6H,4H2,1-2H3. The monoisotopic (exact) mass is 286 g/mol. The molecule has 0 unspecified atom stereocenters. The van der Waals surface area contributed by atoms with Crippen molar-refractivity contribution in [3.63, 3.8) is 0 Å². The first-order chi connectivity index (χ1) is 7.41. The summed E-state index contributed by atoms with van der Waals surface area (Å²) in [5.41, 5.74) is 0.0928. The fourth-order valence-electron chi connectivity index (χ4n) is 1.12. The molecule has 0 atom stereocenters. The summed E-state index contributed by atoms with van der Waals surface area (Å²) in [6, 6.07) is 1.36. The molecule has 86 valence electrons. The molecule has 1 aromatic heterocycles. The van der Waals surface area contributed by atoms with Gasteiger partial charge in [0.1, 0.15) is 11.5 Å². The van der Waals surface area contributed by atoms with Gasteiger partial charge in [0, 0.05) is 22.7 Å². The van der Waals surface area contributed by atoms with Gasteiger partial charge >= 0.3 is 0 Å². The summed E-state index contributed by atoms with van der Waals surface area (Å²) in [6.45, 7) is 3.51. The minimum absolute atomic E-state index is 0.00125. The first-order valence-electron chi connectivity index (χ1n) is 4.73. The Bertz CT molecular complexity index is 432. The minimum Gasteiger partial charge on any atom is -0.299 e. The van der Waals surface area contributed by atoms with E-state index in [-0.39, 0.29) is 29.5 Å². The first kappa shape index (κ1) is 12.8. The molecule has 0 saturated heterocycles. The summed E-state index contributed by atoms with van der Waals surface area (Å²) in [7, 11) is 0. The van der Waals surface area contributed by atoms with Crippen LogP contribution in [0.1, 0.15) is 19.5 Å². The van der Waals surface area contributed by atoms with Gasteiger partial charge in [-0.25, -0.2) is 0 Å². The van der Waals surface area contributed by atoms with E-state index in [0.29, 0.717) is 4.47 Å². The second-order valence-electron chi connectivity index (χ2n) is 3.67. The van der Waals surface area contributed by atoms with Gasteiger partial charge in [-0.2, -0.15) is 0 Å². The second-order valence-corrected chi connectivity index (χ2v) is 4.59. The number of ketones is 1. The van der Waals surface area contributed by atoms with E-state index in [1.807, 2.05) is 0 Å². The van der Waals surface area contributed by atoms with Crippen LogP contribution >= 0.6 is 15.9 Å². The maximum absolute atomic E-state index is 11.5. The van der Waals surface area contributed by atoms with Gasteiger partial charge in [0.25, 0.3) is 5.69 Å². The van der Waals surface area contributed by atoms with E-state index in [0.717, 1.165) is 0 Å². The molecule has 1 aromatic rings. The second kappa shape index (κ2) is 5.16. The molecule has 0 aliphatic heterocycles. The highest BCUT2D eigenvalue weighted by atomic mass is 79.9. The quantitative estimate of drug-likeness (QED) is 0.630. The van der Waals surface area contributed by atoms with Gasteiger partial charge in [-0.1, -0.05) is 13.8 Å². The molecule has 0 radical (unpaired) electrons. The van der Waals surface area contributed by atoms with Gasteiger partial charge in [0.2, 0.25) is 0 Å². The molecule has 0 fully saturated rings. The molecule has 5 nitrogen and oxygen atoms in total. The van der Waals surface area contributed by atoms with Crippen molar-refractivity contribution in [1.29, 1.82) is 0 Å². The maximum atomic E-state index is 11.5. The smallest absolute Gasteiger partial charge is 0.292 e. The number of aromatic nitrogens is 1. The largest absolute Gasteiger partial charge is 0.299 e. The summed E-state index contributed by atoms with van der Waals surface area (Å²) < 4.78 is 0.528. The van der Waals surface area contributed by atoms with Crippen molar-refractivity contribution < 1.29 is 9.72 Å². The van der Waals surface area contributed by atoms with Crippen molar-refractivity contribution in [2.24, 2.45) is 5.92 Å². The van der Waals surface area contributed by atoms with E-state index in [1.165, 1.54) is 12.3 Å². The number of nitrogens with zero attached hydrogens (tertiary/aromatic N) is 2. The molecule has 1 rings (SSSR count). The van der Waals surface area contributed by atoms with Crippen LogP contribution < -0.4 is 0 Å². The molecule has 1 heterocycles. The topological polar surface area (TPSA) is 73.1 Å². The summed E-state index contributed by atoms with van der Waals surface area (Å²) in [4.78, 5) is 25.6. The Kier molecular flexibility index (Phi) is 4.12. The molecule has 0 bridgehead atoms. The van der Waals surface area contributed by atoms with E-state index in [1.54, 1.807) is 13.8 Å². The lowest BCUT2D eigenvalue weighted by molar-refractivity contribution is -0.385. The van der Waals surface area contributed by atoms with Crippen LogP contribution in [-0.4, -0.2) is 15.7 Å². The number of halogens is 1. The highest BCUT2D eigenvalue weighted by Gasteiger charge is 2.19. The third-order valence-corrected chi connectivity index (χ3v) is 2.53. The number of carbonyl (C=O) groups excluding carboxylic acids is 1. The van der Waals surface area contributed by atoms with Crippen molar-refractivity contribution in [2.45, 2.75) is 20.3 Å². The van der Waals surface area contributed by atoms with Gasteiger partial charge in [-0.05, 0) is 15.9 Å². The van der Waals surface area contributed by atoms with Crippen LogP contribution in [0.15, 0.2) is 16.7 Å². The lowest BCUT2D eigenvalue weighted by atomic mass is 10.0. The Morgan fingerprint density at radius 2 is 2.25 bits per heavy atom. The molecule has 6 heteroatoms. The number of carbonyl (C=O) groups is 1. The fourth-order valence-corrected chi connectivity index (χ4v) is 1.44. The van der Waals surface area contributed by atoms with Crippen molar-refractivity contribution in [2.75, 3.05) is 0 Å². The van der Waals surface area contributed by atoms with E-state index in [4.69, 9.17) is 0 Å². The van der Waals surface area contributed by atoms with E-state index >= 15 is 0 Å². The normalized spacial score (nSPS) is 10.5. The lowest BCUT2D eigenvalue weighted by Crippen LogP contribution is -2.12. The van der Waals surface area contributed by atoms with Crippen molar-refractivity contribution in [1.82, 2.24) is 4.98 Å².